The Balaban J connectivity index is 2.98. The quantitative estimate of drug-likeness (QED) is 0.423. The molecule has 0 unspecified atom stereocenters. The Morgan fingerprint density at radius 2 is 2.40 bits per heavy atom. The van der Waals surface area contributed by atoms with Crippen LogP contribution in [0.4, 0.5) is 0 Å². The smallest absolute Gasteiger partial charge is 0.258 e. The zero-order valence-electron chi connectivity index (χ0n) is 4.75. The molecular formula is C5H3BrINO2. The monoisotopic (exact) mass is 315 g/mol. The summed E-state index contributed by atoms with van der Waals surface area (Å²) in [6.45, 7) is 0. The molecule has 3 nitrogen and oxygen atoms in total. The minimum Gasteiger partial charge on any atom is -0.258 e. The fourth-order valence-corrected chi connectivity index (χ4v) is 2.81. The summed E-state index contributed by atoms with van der Waals surface area (Å²) < 4.78 is 4.35. The Kier molecular flexibility index (Phi) is 2.72. The van der Waals surface area contributed by atoms with Gasteiger partial charge in [0.2, 0.25) is 0 Å². The van der Waals surface area contributed by atoms with Gasteiger partial charge in [0.25, 0.3) is 5.70 Å². The van der Waals surface area contributed by atoms with E-state index in [1.165, 1.54) is 0 Å². The number of nitro groups is 1. The Hall–Kier alpha value is -0.0400. The van der Waals surface area contributed by atoms with Crippen molar-refractivity contribution in [3.63, 3.8) is 0 Å². The molecule has 0 fully saturated rings. The second kappa shape index (κ2) is 3.38. The predicted octanol–water partition coefficient (Wildman–Crippen LogP) is 2.17. The van der Waals surface area contributed by atoms with E-state index in [9.17, 15) is 10.1 Å². The Bertz CT molecular complexity index is 256. The van der Waals surface area contributed by atoms with E-state index in [4.69, 9.17) is 0 Å². The van der Waals surface area contributed by atoms with Crippen LogP contribution in [-0.2, 0) is 0 Å². The fourth-order valence-electron chi connectivity index (χ4n) is 0.471. The molecular weight excluding hydrogens is 313 g/mol. The van der Waals surface area contributed by atoms with Gasteiger partial charge < -0.3 is 0 Å². The highest BCUT2D eigenvalue weighted by molar-refractivity contribution is 14.2. The SMILES string of the molecule is O=[N+]([O-])C1=CC=IC=C1Br. The van der Waals surface area contributed by atoms with Crippen molar-refractivity contribution in [2.75, 3.05) is 0 Å². The van der Waals surface area contributed by atoms with Crippen LogP contribution in [0.1, 0.15) is 0 Å². The first-order valence-corrected chi connectivity index (χ1v) is 5.66. The summed E-state index contributed by atoms with van der Waals surface area (Å²) in [4.78, 5) is 9.83. The maximum absolute atomic E-state index is 10.2. The highest BCUT2D eigenvalue weighted by atomic mass is 127. The van der Waals surface area contributed by atoms with Gasteiger partial charge in [-0.3, -0.25) is 10.1 Å². The first-order chi connectivity index (χ1) is 4.72. The molecule has 0 aromatic rings. The van der Waals surface area contributed by atoms with Crippen molar-refractivity contribution in [3.8, 4) is 0 Å². The Morgan fingerprint density at radius 1 is 1.70 bits per heavy atom. The van der Waals surface area contributed by atoms with E-state index in [1.807, 2.05) is 8.09 Å². The number of allylic oxidation sites excluding steroid dienone is 2. The molecule has 0 atom stereocenters. The Morgan fingerprint density at radius 3 is 2.80 bits per heavy atom. The van der Waals surface area contributed by atoms with E-state index in [2.05, 4.69) is 15.9 Å². The predicted molar refractivity (Wildman–Crippen MR) is 52.2 cm³/mol. The summed E-state index contributed by atoms with van der Waals surface area (Å²) in [6.07, 6.45) is 1.55. The van der Waals surface area contributed by atoms with Crippen LogP contribution in [0, 0.1) is 10.1 Å². The van der Waals surface area contributed by atoms with E-state index >= 15 is 0 Å². The highest BCUT2D eigenvalue weighted by Gasteiger charge is 2.14. The third-order valence-corrected chi connectivity index (χ3v) is 4.14. The molecule has 1 aliphatic rings. The van der Waals surface area contributed by atoms with Crippen LogP contribution >= 0.6 is 36.7 Å². The van der Waals surface area contributed by atoms with E-state index in [-0.39, 0.29) is 31.4 Å². The van der Waals surface area contributed by atoms with Gasteiger partial charge in [-0.2, -0.15) is 0 Å². The highest BCUT2D eigenvalue weighted by Crippen LogP contribution is 2.24. The van der Waals surface area contributed by atoms with Crippen LogP contribution in [0.3, 0.4) is 0 Å². The van der Waals surface area contributed by atoms with Crippen molar-refractivity contribution in [3.05, 3.63) is 30.5 Å². The lowest BCUT2D eigenvalue weighted by molar-refractivity contribution is -0.419. The molecule has 0 N–H and O–H groups in total. The van der Waals surface area contributed by atoms with Gasteiger partial charge in [-0.05, 0) is 24.0 Å². The molecule has 0 saturated heterocycles. The van der Waals surface area contributed by atoms with Gasteiger partial charge in [-0.1, -0.05) is 20.7 Å². The molecule has 0 aromatic carbocycles. The summed E-state index contributed by atoms with van der Waals surface area (Å²) in [7, 11) is 0. The average Bonchev–Trinajstić information content (AvgIpc) is 1.88. The van der Waals surface area contributed by atoms with E-state index in [1.54, 1.807) is 6.08 Å². The van der Waals surface area contributed by atoms with Crippen molar-refractivity contribution in [2.45, 2.75) is 0 Å². The summed E-state index contributed by atoms with van der Waals surface area (Å²) >= 11 is 3.02. The lowest BCUT2D eigenvalue weighted by Crippen LogP contribution is -1.99. The molecule has 1 aliphatic heterocycles. The minimum atomic E-state index is -0.389. The van der Waals surface area contributed by atoms with Crippen LogP contribution in [-0.4, -0.2) is 8.94 Å². The third-order valence-electron chi connectivity index (χ3n) is 0.894. The molecule has 0 amide bonds. The molecule has 1 heterocycles. The number of hydrogen-bond acceptors (Lipinski definition) is 2. The van der Waals surface area contributed by atoms with Crippen LogP contribution in [0.25, 0.3) is 0 Å². The largest absolute Gasteiger partial charge is 0.284 e. The number of halogens is 2. The molecule has 1 rings (SSSR count). The lowest BCUT2D eigenvalue weighted by Gasteiger charge is -1.96. The molecule has 0 aromatic heterocycles. The third kappa shape index (κ3) is 1.72. The summed E-state index contributed by atoms with van der Waals surface area (Å²) in [5.41, 5.74) is 0.158. The van der Waals surface area contributed by atoms with Gasteiger partial charge in [0.15, 0.2) is 0 Å². The van der Waals surface area contributed by atoms with Crippen LogP contribution in [0.5, 0.6) is 0 Å². The second-order valence-electron chi connectivity index (χ2n) is 1.52. The molecule has 0 aliphatic carbocycles. The molecule has 10 heavy (non-hydrogen) atoms. The van der Waals surface area contributed by atoms with Gasteiger partial charge in [-0.25, -0.2) is 0 Å². The van der Waals surface area contributed by atoms with Crippen molar-refractivity contribution < 1.29 is 4.92 Å². The normalized spacial score (nSPS) is 16.9. The second-order valence-corrected chi connectivity index (χ2v) is 4.43. The molecule has 54 valence electrons. The van der Waals surface area contributed by atoms with E-state index in [0.29, 0.717) is 4.48 Å². The zero-order chi connectivity index (χ0) is 7.56. The van der Waals surface area contributed by atoms with Crippen LogP contribution in [0.15, 0.2) is 20.3 Å². The van der Waals surface area contributed by atoms with E-state index < -0.39 is 0 Å². The summed E-state index contributed by atoms with van der Waals surface area (Å²) in [5, 5.41) is 10.2. The maximum atomic E-state index is 10.2. The van der Waals surface area contributed by atoms with E-state index in [0.717, 1.165) is 0 Å². The van der Waals surface area contributed by atoms with Crippen molar-refractivity contribution >= 4 is 40.7 Å². The lowest BCUT2D eigenvalue weighted by atomic mass is 10.4. The standard InChI is InChI=1S/C5H3BrINO2/c6-4-3-7-2-1-5(4)8(9)10/h1-3H. The number of nitrogens with zero attached hydrogens (tertiary/aromatic N) is 1. The summed E-state index contributed by atoms with van der Waals surface area (Å²) in [6, 6.07) is 0. The minimum absolute atomic E-state index is 0.0930. The van der Waals surface area contributed by atoms with Gasteiger partial charge in [0.05, 0.1) is 4.92 Å². The van der Waals surface area contributed by atoms with Crippen molar-refractivity contribution in [1.82, 2.24) is 0 Å². The maximum Gasteiger partial charge on any atom is 0.284 e. The van der Waals surface area contributed by atoms with Crippen molar-refractivity contribution in [2.24, 2.45) is 0 Å². The van der Waals surface area contributed by atoms with Gasteiger partial charge in [-0.15, -0.1) is 0 Å². The number of hydrogen-bond donors (Lipinski definition) is 0. The summed E-state index contributed by atoms with van der Waals surface area (Å²) in [5.74, 6) is 0. The molecule has 5 heteroatoms. The Labute approximate surface area is 75.8 Å². The number of rotatable bonds is 1. The zero-order valence-corrected chi connectivity index (χ0v) is 8.50. The topological polar surface area (TPSA) is 43.1 Å². The average molecular weight is 316 g/mol. The molecule has 0 radical (unpaired) electrons. The van der Waals surface area contributed by atoms with Gasteiger partial charge in [0.1, 0.15) is 4.48 Å². The van der Waals surface area contributed by atoms with Gasteiger partial charge >= 0.3 is 0 Å². The molecule has 0 bridgehead atoms. The van der Waals surface area contributed by atoms with Gasteiger partial charge in [0, 0.05) is 6.08 Å². The molecule has 0 spiro atoms. The molecule has 0 saturated carbocycles. The first kappa shape index (κ1) is 8.06. The van der Waals surface area contributed by atoms with Crippen LogP contribution in [0.2, 0.25) is 0 Å². The first-order valence-electron chi connectivity index (χ1n) is 2.37. The fraction of sp³-hybridized carbons (Fsp3) is 0. The van der Waals surface area contributed by atoms with Crippen molar-refractivity contribution in [1.29, 1.82) is 0 Å². The van der Waals surface area contributed by atoms with Crippen LogP contribution < -0.4 is 0 Å².